The second-order valence-corrected chi connectivity index (χ2v) is 5.07. The largest absolute Gasteiger partial charge is 0.493 e. The molecule has 2 aromatic rings. The first kappa shape index (κ1) is 18.9. The van der Waals surface area contributed by atoms with Gasteiger partial charge in [-0.05, 0) is 29.8 Å². The Morgan fingerprint density at radius 3 is 2.62 bits per heavy atom. The number of likely N-dealkylation sites (N-methyl/N-ethyl adjacent to an activating group) is 1. The number of carbonyl (C=O) groups excluding carboxylic acids is 2. The monoisotopic (exact) mass is 359 g/mol. The predicted octanol–water partition coefficient (Wildman–Crippen LogP) is 1.61. The third kappa shape index (κ3) is 5.04. The van der Waals surface area contributed by atoms with Crippen LogP contribution in [0.3, 0.4) is 0 Å². The van der Waals surface area contributed by atoms with E-state index in [1.165, 1.54) is 26.4 Å². The molecule has 0 spiro atoms. The molecule has 0 heterocycles. The molecule has 0 fully saturated rings. The fraction of sp³-hybridized carbons (Fsp3) is 0.167. The lowest BCUT2D eigenvalue weighted by molar-refractivity contribution is -0.138. The number of rotatable bonds is 6. The minimum atomic E-state index is -0.874. The number of hydrazone groups is 1. The molecular formula is C18H18FN3O4. The van der Waals surface area contributed by atoms with Crippen LogP contribution in [0.25, 0.3) is 0 Å². The van der Waals surface area contributed by atoms with E-state index in [4.69, 9.17) is 9.47 Å². The highest BCUT2D eigenvalue weighted by atomic mass is 19.1. The highest BCUT2D eigenvalue weighted by molar-refractivity contribution is 6.34. The summed E-state index contributed by atoms with van der Waals surface area (Å²) in [5.74, 6) is -1.16. The number of hydrogen-bond acceptors (Lipinski definition) is 5. The van der Waals surface area contributed by atoms with Crippen molar-refractivity contribution in [1.29, 1.82) is 0 Å². The number of benzene rings is 2. The summed E-state index contributed by atoms with van der Waals surface area (Å²) in [7, 11) is 2.82. The zero-order valence-corrected chi connectivity index (χ0v) is 14.3. The van der Waals surface area contributed by atoms with E-state index in [0.29, 0.717) is 22.6 Å². The van der Waals surface area contributed by atoms with Crippen LogP contribution in [0, 0.1) is 5.82 Å². The Bertz CT molecular complexity index is 824. The summed E-state index contributed by atoms with van der Waals surface area (Å²) in [4.78, 5) is 22.3. The Morgan fingerprint density at radius 1 is 1.15 bits per heavy atom. The topological polar surface area (TPSA) is 89.0 Å². The molecule has 2 amide bonds. The smallest absolute Gasteiger partial charge is 0.329 e. The van der Waals surface area contributed by atoms with Crippen molar-refractivity contribution in [3.8, 4) is 11.5 Å². The molecular weight excluding hydrogens is 341 g/mol. The lowest BCUT2D eigenvalue weighted by Crippen LogP contribution is -2.35. The molecule has 2 aromatic carbocycles. The van der Waals surface area contributed by atoms with Crippen LogP contribution in [0.15, 0.2) is 47.6 Å². The molecule has 0 unspecified atom stereocenters. The van der Waals surface area contributed by atoms with Crippen molar-refractivity contribution in [2.45, 2.75) is 6.61 Å². The molecule has 0 saturated heterocycles. The molecule has 2 N–H and O–H groups in total. The summed E-state index contributed by atoms with van der Waals surface area (Å²) in [6.07, 6.45) is 1.35. The Morgan fingerprint density at radius 2 is 1.92 bits per heavy atom. The fourth-order valence-corrected chi connectivity index (χ4v) is 1.98. The van der Waals surface area contributed by atoms with E-state index in [-0.39, 0.29) is 12.4 Å². The summed E-state index contributed by atoms with van der Waals surface area (Å²) >= 11 is 0. The van der Waals surface area contributed by atoms with Crippen LogP contribution in [0.1, 0.15) is 11.1 Å². The van der Waals surface area contributed by atoms with Crippen LogP contribution >= 0.6 is 0 Å². The third-order valence-electron chi connectivity index (χ3n) is 3.34. The van der Waals surface area contributed by atoms with Crippen molar-refractivity contribution in [1.82, 2.24) is 10.7 Å². The van der Waals surface area contributed by atoms with Crippen molar-refractivity contribution in [2.75, 3.05) is 14.2 Å². The van der Waals surface area contributed by atoms with Gasteiger partial charge in [-0.1, -0.05) is 18.2 Å². The first-order valence-corrected chi connectivity index (χ1v) is 7.64. The molecule has 2 rings (SSSR count). The van der Waals surface area contributed by atoms with Gasteiger partial charge in [0.25, 0.3) is 0 Å². The summed E-state index contributed by atoms with van der Waals surface area (Å²) in [5, 5.41) is 5.87. The molecule has 26 heavy (non-hydrogen) atoms. The maximum atomic E-state index is 13.6. The second kappa shape index (κ2) is 9.16. The molecule has 0 aliphatic heterocycles. The number of nitrogens with zero attached hydrogens (tertiary/aromatic N) is 1. The van der Waals surface area contributed by atoms with E-state index in [1.54, 1.807) is 36.4 Å². The predicted molar refractivity (Wildman–Crippen MR) is 93.5 cm³/mol. The Labute approximate surface area is 149 Å². The van der Waals surface area contributed by atoms with Crippen LogP contribution in [-0.2, 0) is 16.2 Å². The van der Waals surface area contributed by atoms with E-state index in [9.17, 15) is 14.0 Å². The maximum absolute atomic E-state index is 13.6. The van der Waals surface area contributed by atoms with Gasteiger partial charge in [0.05, 0.1) is 13.3 Å². The molecule has 0 aromatic heterocycles. The summed E-state index contributed by atoms with van der Waals surface area (Å²) in [6, 6.07) is 11.3. The lowest BCUT2D eigenvalue weighted by Gasteiger charge is -2.11. The molecule has 0 radical (unpaired) electrons. The van der Waals surface area contributed by atoms with Crippen LogP contribution < -0.4 is 20.2 Å². The van der Waals surface area contributed by atoms with Gasteiger partial charge in [-0.25, -0.2) is 9.82 Å². The molecule has 8 heteroatoms. The zero-order valence-electron chi connectivity index (χ0n) is 14.3. The normalized spacial score (nSPS) is 10.4. The third-order valence-corrected chi connectivity index (χ3v) is 3.34. The van der Waals surface area contributed by atoms with Crippen LogP contribution in [0.4, 0.5) is 4.39 Å². The number of methoxy groups -OCH3 is 1. The molecule has 0 bridgehead atoms. The summed E-state index contributed by atoms with van der Waals surface area (Å²) < 4.78 is 24.5. The number of amides is 2. The first-order valence-electron chi connectivity index (χ1n) is 7.64. The highest BCUT2D eigenvalue weighted by Gasteiger charge is 2.10. The van der Waals surface area contributed by atoms with Crippen molar-refractivity contribution in [3.63, 3.8) is 0 Å². The molecule has 136 valence electrons. The van der Waals surface area contributed by atoms with Crippen molar-refractivity contribution < 1.29 is 23.5 Å². The standard InChI is InChI=1S/C18H18FN3O4/c1-20-17(23)18(24)22-21-10-12-7-8-15(16(9-12)25-2)26-11-13-5-3-4-6-14(13)19/h3-10H,11H2,1-2H3,(H,20,23)(H,22,24)/b21-10-. The number of hydrogen-bond donors (Lipinski definition) is 2. The highest BCUT2D eigenvalue weighted by Crippen LogP contribution is 2.28. The van der Waals surface area contributed by atoms with Gasteiger partial charge < -0.3 is 14.8 Å². The number of carbonyl (C=O) groups is 2. The molecule has 0 atom stereocenters. The van der Waals surface area contributed by atoms with Gasteiger partial charge in [-0.15, -0.1) is 0 Å². The van der Waals surface area contributed by atoms with Crippen molar-refractivity contribution >= 4 is 18.0 Å². The van der Waals surface area contributed by atoms with E-state index in [1.807, 2.05) is 0 Å². The minimum Gasteiger partial charge on any atom is -0.493 e. The molecule has 0 saturated carbocycles. The van der Waals surface area contributed by atoms with Gasteiger partial charge in [0.1, 0.15) is 12.4 Å². The molecule has 0 aliphatic rings. The average Bonchev–Trinajstić information content (AvgIpc) is 2.67. The van der Waals surface area contributed by atoms with Gasteiger partial charge in [0, 0.05) is 12.6 Å². The van der Waals surface area contributed by atoms with Gasteiger partial charge >= 0.3 is 11.8 Å². The Balaban J connectivity index is 2.03. The van der Waals surface area contributed by atoms with Gasteiger partial charge in [-0.3, -0.25) is 9.59 Å². The zero-order chi connectivity index (χ0) is 18.9. The summed E-state index contributed by atoms with van der Waals surface area (Å²) in [5.41, 5.74) is 3.13. The van der Waals surface area contributed by atoms with E-state index in [2.05, 4.69) is 15.8 Å². The van der Waals surface area contributed by atoms with Crippen molar-refractivity contribution in [2.24, 2.45) is 5.10 Å². The number of nitrogens with one attached hydrogen (secondary N) is 2. The van der Waals surface area contributed by atoms with E-state index < -0.39 is 11.8 Å². The Kier molecular flexibility index (Phi) is 6.67. The molecule has 7 nitrogen and oxygen atoms in total. The quantitative estimate of drug-likeness (QED) is 0.466. The van der Waals surface area contributed by atoms with Crippen LogP contribution in [0.2, 0.25) is 0 Å². The van der Waals surface area contributed by atoms with Crippen LogP contribution in [-0.4, -0.2) is 32.2 Å². The average molecular weight is 359 g/mol. The number of ether oxygens (including phenoxy) is 2. The maximum Gasteiger partial charge on any atom is 0.329 e. The minimum absolute atomic E-state index is 0.0542. The Hall–Kier alpha value is -3.42. The first-order chi connectivity index (χ1) is 12.5. The summed E-state index contributed by atoms with van der Waals surface area (Å²) in [6.45, 7) is 0.0542. The molecule has 0 aliphatic carbocycles. The van der Waals surface area contributed by atoms with Crippen LogP contribution in [0.5, 0.6) is 11.5 Å². The van der Waals surface area contributed by atoms with Gasteiger partial charge in [-0.2, -0.15) is 5.10 Å². The number of halogens is 1. The van der Waals surface area contributed by atoms with Gasteiger partial charge in [0.2, 0.25) is 0 Å². The van der Waals surface area contributed by atoms with E-state index >= 15 is 0 Å². The SMILES string of the molecule is CNC(=O)C(=O)N/N=C\c1ccc(OCc2ccccc2F)c(OC)c1. The second-order valence-electron chi connectivity index (χ2n) is 5.07. The lowest BCUT2D eigenvalue weighted by atomic mass is 10.2. The fourth-order valence-electron chi connectivity index (χ4n) is 1.98. The van der Waals surface area contributed by atoms with Crippen molar-refractivity contribution in [3.05, 3.63) is 59.4 Å². The van der Waals surface area contributed by atoms with Gasteiger partial charge in [0.15, 0.2) is 11.5 Å². The van der Waals surface area contributed by atoms with E-state index in [0.717, 1.165) is 0 Å².